The zero-order valence-corrected chi connectivity index (χ0v) is 11.5. The van der Waals surface area contributed by atoms with Crippen LogP contribution in [0.25, 0.3) is 0 Å². The Labute approximate surface area is 114 Å². The Balaban J connectivity index is 1.77. The molecule has 5 heteroatoms. The summed E-state index contributed by atoms with van der Waals surface area (Å²) in [6, 6.07) is 5.93. The Hall–Kier alpha value is -1.62. The Morgan fingerprint density at radius 2 is 2.11 bits per heavy atom. The quantitative estimate of drug-likeness (QED) is 0.795. The molecule has 0 unspecified atom stereocenters. The van der Waals surface area contributed by atoms with E-state index in [1.165, 1.54) is 0 Å². The fourth-order valence-electron chi connectivity index (χ4n) is 2.26. The topological polar surface area (TPSA) is 48.5 Å². The van der Waals surface area contributed by atoms with Crippen LogP contribution in [0.2, 0.25) is 0 Å². The zero-order valence-electron chi connectivity index (χ0n) is 11.5. The molecule has 104 valence electrons. The highest BCUT2D eigenvalue weighted by molar-refractivity contribution is 5.76. The van der Waals surface area contributed by atoms with Crippen LogP contribution in [0, 0.1) is 0 Å². The second-order valence-electron chi connectivity index (χ2n) is 4.66. The first-order chi connectivity index (χ1) is 9.31. The fraction of sp³-hybridized carbons (Fsp3) is 0.571. The molecule has 2 heterocycles. The van der Waals surface area contributed by atoms with Gasteiger partial charge in [-0.1, -0.05) is 13.0 Å². The van der Waals surface area contributed by atoms with E-state index in [9.17, 15) is 4.79 Å². The molecule has 1 aliphatic rings. The van der Waals surface area contributed by atoms with E-state index in [0.717, 1.165) is 45.1 Å². The number of pyridine rings is 1. The molecular weight excluding hydrogens is 240 g/mol. The fourth-order valence-corrected chi connectivity index (χ4v) is 2.26. The first-order valence-electron chi connectivity index (χ1n) is 6.95. The van der Waals surface area contributed by atoms with Crippen molar-refractivity contribution in [3.63, 3.8) is 0 Å². The predicted octanol–water partition coefficient (Wildman–Crippen LogP) is 0.730. The smallest absolute Gasteiger partial charge is 0.223 e. The highest BCUT2D eigenvalue weighted by atomic mass is 16.2. The van der Waals surface area contributed by atoms with Gasteiger partial charge in [0.1, 0.15) is 5.82 Å². The van der Waals surface area contributed by atoms with Crippen LogP contribution >= 0.6 is 0 Å². The standard InChI is InChI=1S/C14H22N4O/c1-2-15-8-6-14(19)18-11-9-17(10-12-18)13-5-3-4-7-16-13/h3-5,7,15H,2,6,8-12H2,1H3. The summed E-state index contributed by atoms with van der Waals surface area (Å²) < 4.78 is 0. The van der Waals surface area contributed by atoms with Crippen LogP contribution in [-0.2, 0) is 4.79 Å². The van der Waals surface area contributed by atoms with Crippen molar-refractivity contribution in [2.24, 2.45) is 0 Å². The summed E-state index contributed by atoms with van der Waals surface area (Å²) in [4.78, 5) is 20.5. The molecule has 1 aromatic heterocycles. The van der Waals surface area contributed by atoms with Crippen LogP contribution in [0.4, 0.5) is 5.82 Å². The molecule has 1 aromatic rings. The summed E-state index contributed by atoms with van der Waals surface area (Å²) >= 11 is 0. The van der Waals surface area contributed by atoms with E-state index in [0.29, 0.717) is 6.42 Å². The first kappa shape index (κ1) is 13.8. The number of carbonyl (C=O) groups is 1. The molecule has 0 radical (unpaired) electrons. The number of carbonyl (C=O) groups excluding carboxylic acids is 1. The second kappa shape index (κ2) is 7.09. The zero-order chi connectivity index (χ0) is 13.5. The van der Waals surface area contributed by atoms with Gasteiger partial charge in [0.2, 0.25) is 5.91 Å². The minimum Gasteiger partial charge on any atom is -0.353 e. The number of piperazine rings is 1. The summed E-state index contributed by atoms with van der Waals surface area (Å²) in [5.41, 5.74) is 0. The Bertz CT molecular complexity index is 388. The highest BCUT2D eigenvalue weighted by Gasteiger charge is 2.21. The lowest BCUT2D eigenvalue weighted by atomic mass is 10.2. The third-order valence-corrected chi connectivity index (χ3v) is 3.37. The molecule has 0 saturated carbocycles. The van der Waals surface area contributed by atoms with Gasteiger partial charge in [0.15, 0.2) is 0 Å². The monoisotopic (exact) mass is 262 g/mol. The van der Waals surface area contributed by atoms with Crippen molar-refractivity contribution in [1.29, 1.82) is 0 Å². The number of nitrogens with zero attached hydrogens (tertiary/aromatic N) is 3. The first-order valence-corrected chi connectivity index (χ1v) is 6.95. The summed E-state index contributed by atoms with van der Waals surface area (Å²) in [6.45, 7) is 7.06. The van der Waals surface area contributed by atoms with Crippen molar-refractivity contribution >= 4 is 11.7 Å². The minimum absolute atomic E-state index is 0.252. The number of hydrogen-bond acceptors (Lipinski definition) is 4. The van der Waals surface area contributed by atoms with E-state index >= 15 is 0 Å². The lowest BCUT2D eigenvalue weighted by Crippen LogP contribution is -2.49. The van der Waals surface area contributed by atoms with E-state index in [4.69, 9.17) is 0 Å². The SMILES string of the molecule is CCNCCC(=O)N1CCN(c2ccccn2)CC1. The lowest BCUT2D eigenvalue weighted by Gasteiger charge is -2.35. The number of hydrogen-bond donors (Lipinski definition) is 1. The predicted molar refractivity (Wildman–Crippen MR) is 76.2 cm³/mol. The second-order valence-corrected chi connectivity index (χ2v) is 4.66. The van der Waals surface area contributed by atoms with Gasteiger partial charge in [0.05, 0.1) is 0 Å². The van der Waals surface area contributed by atoms with Gasteiger partial charge >= 0.3 is 0 Å². The van der Waals surface area contributed by atoms with E-state index in [2.05, 4.69) is 22.1 Å². The number of rotatable bonds is 5. The average molecular weight is 262 g/mol. The van der Waals surface area contributed by atoms with Crippen molar-refractivity contribution in [2.75, 3.05) is 44.2 Å². The molecule has 0 aromatic carbocycles. The summed E-state index contributed by atoms with van der Waals surface area (Å²) in [6.07, 6.45) is 2.40. The largest absolute Gasteiger partial charge is 0.353 e. The van der Waals surface area contributed by atoms with Crippen LogP contribution in [0.15, 0.2) is 24.4 Å². The number of aromatic nitrogens is 1. The van der Waals surface area contributed by atoms with Crippen molar-refractivity contribution in [1.82, 2.24) is 15.2 Å². The van der Waals surface area contributed by atoms with E-state index < -0.39 is 0 Å². The molecular formula is C14H22N4O. The molecule has 1 fully saturated rings. The van der Waals surface area contributed by atoms with Gasteiger partial charge in [-0.05, 0) is 18.7 Å². The van der Waals surface area contributed by atoms with Gasteiger partial charge in [-0.15, -0.1) is 0 Å². The number of anilines is 1. The van der Waals surface area contributed by atoms with Gasteiger partial charge in [-0.3, -0.25) is 4.79 Å². The van der Waals surface area contributed by atoms with E-state index in [1.54, 1.807) is 0 Å². The summed E-state index contributed by atoms with van der Waals surface area (Å²) in [5.74, 6) is 1.25. The minimum atomic E-state index is 0.252. The maximum atomic E-state index is 12.0. The van der Waals surface area contributed by atoms with Gasteiger partial charge in [0.25, 0.3) is 0 Å². The normalized spacial score (nSPS) is 15.6. The van der Waals surface area contributed by atoms with Gasteiger partial charge in [0, 0.05) is 45.3 Å². The van der Waals surface area contributed by atoms with Gasteiger partial charge in [-0.2, -0.15) is 0 Å². The van der Waals surface area contributed by atoms with Crippen LogP contribution in [0.1, 0.15) is 13.3 Å². The van der Waals surface area contributed by atoms with E-state index in [-0.39, 0.29) is 5.91 Å². The Morgan fingerprint density at radius 1 is 1.32 bits per heavy atom. The molecule has 0 atom stereocenters. The molecule has 2 rings (SSSR count). The summed E-state index contributed by atoms with van der Waals surface area (Å²) in [5, 5.41) is 3.18. The maximum absolute atomic E-state index is 12.0. The average Bonchev–Trinajstić information content (AvgIpc) is 2.48. The van der Waals surface area contributed by atoms with Crippen LogP contribution in [-0.4, -0.2) is 55.1 Å². The van der Waals surface area contributed by atoms with Crippen LogP contribution < -0.4 is 10.2 Å². The molecule has 1 aliphatic heterocycles. The Morgan fingerprint density at radius 3 is 2.74 bits per heavy atom. The van der Waals surface area contributed by atoms with Crippen molar-refractivity contribution in [3.8, 4) is 0 Å². The van der Waals surface area contributed by atoms with Crippen molar-refractivity contribution in [3.05, 3.63) is 24.4 Å². The highest BCUT2D eigenvalue weighted by Crippen LogP contribution is 2.12. The van der Waals surface area contributed by atoms with Crippen LogP contribution in [0.3, 0.4) is 0 Å². The molecule has 0 aliphatic carbocycles. The van der Waals surface area contributed by atoms with E-state index in [1.807, 2.05) is 29.3 Å². The van der Waals surface area contributed by atoms with Crippen molar-refractivity contribution < 1.29 is 4.79 Å². The molecule has 0 spiro atoms. The molecule has 1 saturated heterocycles. The number of amides is 1. The lowest BCUT2D eigenvalue weighted by molar-refractivity contribution is -0.131. The molecule has 5 nitrogen and oxygen atoms in total. The van der Waals surface area contributed by atoms with Gasteiger partial charge in [-0.25, -0.2) is 4.98 Å². The third-order valence-electron chi connectivity index (χ3n) is 3.37. The third kappa shape index (κ3) is 3.92. The maximum Gasteiger partial charge on any atom is 0.223 e. The molecule has 19 heavy (non-hydrogen) atoms. The van der Waals surface area contributed by atoms with Gasteiger partial charge < -0.3 is 15.1 Å². The number of nitrogens with one attached hydrogen (secondary N) is 1. The molecule has 1 amide bonds. The Kier molecular flexibility index (Phi) is 5.15. The van der Waals surface area contributed by atoms with Crippen LogP contribution in [0.5, 0.6) is 0 Å². The van der Waals surface area contributed by atoms with Crippen molar-refractivity contribution in [2.45, 2.75) is 13.3 Å². The molecule has 0 bridgehead atoms. The molecule has 1 N–H and O–H groups in total. The summed E-state index contributed by atoms with van der Waals surface area (Å²) in [7, 11) is 0.